The Morgan fingerprint density at radius 3 is 1.41 bits per heavy atom. The molecule has 1 nitrogen and oxygen atoms in total. The lowest BCUT2D eigenvalue weighted by atomic mass is 10.0. The Morgan fingerprint density at radius 2 is 1.00 bits per heavy atom. The molecular weight excluding hydrogens is 206 g/mol. The summed E-state index contributed by atoms with van der Waals surface area (Å²) in [6.45, 7) is 2.50. The molecule has 0 amide bonds. The lowest BCUT2D eigenvalue weighted by Crippen LogP contribution is -1.75. The highest BCUT2D eigenvalue weighted by Gasteiger charge is 1.97. The summed E-state index contributed by atoms with van der Waals surface area (Å²) in [5.74, 6) is 0. The van der Waals surface area contributed by atoms with Crippen LogP contribution < -0.4 is 5.32 Å². The van der Waals surface area contributed by atoms with Gasteiger partial charge in [-0.1, -0.05) is 60.7 Å². The summed E-state index contributed by atoms with van der Waals surface area (Å²) in [4.78, 5) is 0. The van der Waals surface area contributed by atoms with E-state index in [0.29, 0.717) is 0 Å². The van der Waals surface area contributed by atoms with Crippen molar-refractivity contribution in [3.05, 3.63) is 60.7 Å². The second-order valence-corrected chi connectivity index (χ2v) is 4.26. The fraction of sp³-hybridized carbons (Fsp3) is 0.125. The number of nitrogens with one attached hydrogen (secondary N) is 1. The summed E-state index contributed by atoms with van der Waals surface area (Å²) in [5, 5.41) is 8.30. The number of benzene rings is 3. The lowest BCUT2D eigenvalue weighted by molar-refractivity contribution is 1.34. The van der Waals surface area contributed by atoms with Crippen molar-refractivity contribution in [2.75, 3.05) is 13.1 Å². The van der Waals surface area contributed by atoms with Gasteiger partial charge in [-0.05, 0) is 21.5 Å². The van der Waals surface area contributed by atoms with Crippen LogP contribution in [0.25, 0.3) is 21.5 Å². The third-order valence-corrected chi connectivity index (χ3v) is 2.90. The molecule has 0 spiro atoms. The van der Waals surface area contributed by atoms with Crippen molar-refractivity contribution in [2.24, 2.45) is 0 Å². The van der Waals surface area contributed by atoms with E-state index in [1.807, 2.05) is 0 Å². The highest BCUT2D eigenvalue weighted by Crippen LogP contribution is 2.24. The molecule has 17 heavy (non-hydrogen) atoms. The molecule has 0 unspecified atom stereocenters. The smallest absolute Gasteiger partial charge is 0.00772 e. The van der Waals surface area contributed by atoms with Gasteiger partial charge in [0.2, 0.25) is 0 Å². The van der Waals surface area contributed by atoms with Crippen LogP contribution in [0.15, 0.2) is 60.7 Å². The topological polar surface area (TPSA) is 21.9 Å². The van der Waals surface area contributed by atoms with Crippen molar-refractivity contribution in [3.8, 4) is 0 Å². The molecule has 3 aromatic carbocycles. The number of fused-ring (bicyclic) bond motifs is 3. The summed E-state index contributed by atoms with van der Waals surface area (Å²) in [5.41, 5.74) is 0. The van der Waals surface area contributed by atoms with Gasteiger partial charge in [-0.15, -0.1) is 0 Å². The molecule has 0 aliphatic carbocycles. The van der Waals surface area contributed by atoms with Crippen molar-refractivity contribution in [2.45, 2.75) is 0 Å². The molecule has 1 N–H and O–H groups in total. The van der Waals surface area contributed by atoms with E-state index in [1.54, 1.807) is 0 Å². The third-order valence-electron chi connectivity index (χ3n) is 2.90. The number of rotatable bonds is 0. The van der Waals surface area contributed by atoms with Gasteiger partial charge in [0.25, 0.3) is 0 Å². The van der Waals surface area contributed by atoms with Crippen molar-refractivity contribution >= 4 is 21.5 Å². The first-order valence-corrected chi connectivity index (χ1v) is 6.02. The van der Waals surface area contributed by atoms with E-state index in [0.717, 1.165) is 0 Å². The minimum atomic E-state index is 1.25. The van der Waals surface area contributed by atoms with Crippen molar-refractivity contribution in [1.82, 2.24) is 5.32 Å². The Hall–Kier alpha value is -1.86. The van der Waals surface area contributed by atoms with Gasteiger partial charge in [-0.2, -0.15) is 0 Å². The zero-order chi connectivity index (χ0) is 11.5. The van der Waals surface area contributed by atoms with Crippen LogP contribution in [0.2, 0.25) is 0 Å². The van der Waals surface area contributed by atoms with E-state index in [-0.39, 0.29) is 0 Å². The number of hydrogen-bond acceptors (Lipinski definition) is 1. The van der Waals surface area contributed by atoms with Crippen LogP contribution in [0.1, 0.15) is 0 Å². The molecule has 1 heterocycles. The summed E-state index contributed by atoms with van der Waals surface area (Å²) in [7, 11) is 0. The van der Waals surface area contributed by atoms with Crippen LogP contribution in [-0.2, 0) is 0 Å². The van der Waals surface area contributed by atoms with Crippen LogP contribution in [0, 0.1) is 0 Å². The Kier molecular flexibility index (Phi) is 2.76. The highest BCUT2D eigenvalue weighted by molar-refractivity contribution is 6.07. The zero-order valence-electron chi connectivity index (χ0n) is 9.69. The van der Waals surface area contributed by atoms with Gasteiger partial charge >= 0.3 is 0 Å². The second kappa shape index (κ2) is 4.56. The second-order valence-electron chi connectivity index (χ2n) is 4.26. The van der Waals surface area contributed by atoms with Gasteiger partial charge in [0.15, 0.2) is 0 Å². The molecule has 0 saturated carbocycles. The van der Waals surface area contributed by atoms with E-state index in [4.69, 9.17) is 0 Å². The van der Waals surface area contributed by atoms with E-state index < -0.39 is 0 Å². The lowest BCUT2D eigenvalue weighted by Gasteiger charge is -2.02. The normalized spacial score (nSPS) is 13.2. The first-order chi connectivity index (χ1) is 8.45. The molecule has 1 fully saturated rings. The Labute approximate surface area is 101 Å². The zero-order valence-corrected chi connectivity index (χ0v) is 9.69. The molecule has 1 saturated heterocycles. The van der Waals surface area contributed by atoms with Crippen LogP contribution in [-0.4, -0.2) is 13.1 Å². The highest BCUT2D eigenvalue weighted by atomic mass is 15.0. The molecule has 4 rings (SSSR count). The average Bonchev–Trinajstić information content (AvgIpc) is 3.27. The summed E-state index contributed by atoms with van der Waals surface area (Å²) in [6.07, 6.45) is 0. The van der Waals surface area contributed by atoms with Crippen LogP contribution in [0.3, 0.4) is 0 Å². The van der Waals surface area contributed by atoms with Gasteiger partial charge in [0.1, 0.15) is 0 Å². The molecule has 0 aromatic heterocycles. The summed E-state index contributed by atoms with van der Waals surface area (Å²) < 4.78 is 0. The molecular formula is C16H15N. The quantitative estimate of drug-likeness (QED) is 0.455. The van der Waals surface area contributed by atoms with Crippen molar-refractivity contribution < 1.29 is 0 Å². The fourth-order valence-electron chi connectivity index (χ4n) is 1.95. The van der Waals surface area contributed by atoms with Crippen LogP contribution in [0.5, 0.6) is 0 Å². The maximum Gasteiger partial charge on any atom is 0.00772 e. The average molecular weight is 221 g/mol. The minimum absolute atomic E-state index is 1.25. The Bertz CT molecular complexity index is 583. The first kappa shape index (κ1) is 10.3. The molecule has 0 bridgehead atoms. The standard InChI is InChI=1S/C14H10.C2H5N/c1-3-7-13-11(5-1)9-10-12-6-2-4-8-14(12)13;1-2-3-1/h1-10H;3H,1-2H2. The molecule has 0 atom stereocenters. The predicted molar refractivity (Wildman–Crippen MR) is 74.3 cm³/mol. The number of hydrogen-bond donors (Lipinski definition) is 1. The summed E-state index contributed by atoms with van der Waals surface area (Å²) >= 11 is 0. The molecule has 84 valence electrons. The van der Waals surface area contributed by atoms with Gasteiger partial charge in [0, 0.05) is 13.1 Å². The van der Waals surface area contributed by atoms with E-state index in [2.05, 4.69) is 66.0 Å². The minimum Gasteiger partial charge on any atom is -0.314 e. The summed E-state index contributed by atoms with van der Waals surface area (Å²) in [6, 6.07) is 21.4. The van der Waals surface area contributed by atoms with Crippen LogP contribution in [0.4, 0.5) is 0 Å². The van der Waals surface area contributed by atoms with Gasteiger partial charge in [-0.25, -0.2) is 0 Å². The van der Waals surface area contributed by atoms with Crippen molar-refractivity contribution in [1.29, 1.82) is 0 Å². The Morgan fingerprint density at radius 1 is 0.588 bits per heavy atom. The van der Waals surface area contributed by atoms with Crippen molar-refractivity contribution in [3.63, 3.8) is 0 Å². The predicted octanol–water partition coefficient (Wildman–Crippen LogP) is 3.58. The SMILES string of the molecule is C1CN1.c1ccc2c(c1)ccc1ccccc12. The first-order valence-electron chi connectivity index (χ1n) is 6.02. The van der Waals surface area contributed by atoms with E-state index in [1.165, 1.54) is 34.6 Å². The molecule has 0 radical (unpaired) electrons. The molecule has 1 heteroatoms. The molecule has 1 aliphatic heterocycles. The fourth-order valence-corrected chi connectivity index (χ4v) is 1.95. The Balaban J connectivity index is 0.000000264. The maximum absolute atomic E-state index is 3.00. The molecule has 1 aliphatic rings. The monoisotopic (exact) mass is 221 g/mol. The maximum atomic E-state index is 3.00. The third kappa shape index (κ3) is 2.29. The van der Waals surface area contributed by atoms with Gasteiger partial charge in [0.05, 0.1) is 0 Å². The van der Waals surface area contributed by atoms with E-state index >= 15 is 0 Å². The van der Waals surface area contributed by atoms with Crippen LogP contribution >= 0.6 is 0 Å². The molecule has 3 aromatic rings. The van der Waals surface area contributed by atoms with Gasteiger partial charge < -0.3 is 5.32 Å². The largest absolute Gasteiger partial charge is 0.314 e. The van der Waals surface area contributed by atoms with E-state index in [9.17, 15) is 0 Å². The van der Waals surface area contributed by atoms with Gasteiger partial charge in [-0.3, -0.25) is 0 Å².